The lowest BCUT2D eigenvalue weighted by atomic mass is 10.1. The molecule has 4 nitrogen and oxygen atoms in total. The highest BCUT2D eigenvalue weighted by Crippen LogP contribution is 2.32. The Morgan fingerprint density at radius 2 is 1.96 bits per heavy atom. The SMILES string of the molecule is CCc1cccc2sc(N(Cc3ccco3)C(=O)/C=C/c3ccccc3)nc12. The maximum Gasteiger partial charge on any atom is 0.253 e. The number of fused-ring (bicyclic) bond motifs is 1. The molecule has 0 spiro atoms. The Labute approximate surface area is 167 Å². The molecule has 0 aliphatic heterocycles. The number of para-hydroxylation sites is 1. The van der Waals surface area contributed by atoms with Gasteiger partial charge in [-0.2, -0.15) is 0 Å². The van der Waals surface area contributed by atoms with Crippen LogP contribution >= 0.6 is 11.3 Å². The van der Waals surface area contributed by atoms with Gasteiger partial charge in [-0.15, -0.1) is 0 Å². The van der Waals surface area contributed by atoms with Crippen molar-refractivity contribution in [1.82, 2.24) is 4.98 Å². The Balaban J connectivity index is 1.69. The van der Waals surface area contributed by atoms with Crippen molar-refractivity contribution in [3.05, 3.63) is 89.9 Å². The normalized spacial score (nSPS) is 11.3. The van der Waals surface area contributed by atoms with E-state index >= 15 is 0 Å². The third-order valence-corrected chi connectivity index (χ3v) is 5.52. The largest absolute Gasteiger partial charge is 0.467 e. The standard InChI is InChI=1S/C23H20N2O2S/c1-2-18-10-6-12-20-22(18)24-23(28-20)25(16-19-11-7-15-27-19)21(26)14-13-17-8-4-3-5-9-17/h3-15H,2,16H2,1H3/b14-13+. The number of aromatic nitrogens is 1. The first-order chi connectivity index (χ1) is 13.7. The van der Waals surface area contributed by atoms with E-state index in [1.54, 1.807) is 17.2 Å². The van der Waals surface area contributed by atoms with Gasteiger partial charge in [-0.05, 0) is 41.8 Å². The van der Waals surface area contributed by atoms with Gasteiger partial charge in [0.25, 0.3) is 5.91 Å². The summed E-state index contributed by atoms with van der Waals surface area (Å²) in [4.78, 5) is 19.5. The maximum atomic E-state index is 13.0. The number of anilines is 1. The number of hydrogen-bond donors (Lipinski definition) is 0. The Morgan fingerprint density at radius 1 is 1.11 bits per heavy atom. The fourth-order valence-electron chi connectivity index (χ4n) is 3.01. The van der Waals surface area contributed by atoms with Crippen LogP contribution in [0.5, 0.6) is 0 Å². The summed E-state index contributed by atoms with van der Waals surface area (Å²) in [6, 6.07) is 19.6. The fraction of sp³-hybridized carbons (Fsp3) is 0.130. The lowest BCUT2D eigenvalue weighted by molar-refractivity contribution is -0.114. The molecule has 0 aliphatic carbocycles. The molecule has 0 saturated heterocycles. The minimum atomic E-state index is -0.127. The van der Waals surface area contributed by atoms with Crippen molar-refractivity contribution in [2.45, 2.75) is 19.9 Å². The molecule has 2 aromatic heterocycles. The van der Waals surface area contributed by atoms with Crippen LogP contribution in [0.15, 0.2) is 77.4 Å². The number of carbonyl (C=O) groups is 1. The number of nitrogens with zero attached hydrogens (tertiary/aromatic N) is 2. The second kappa shape index (κ2) is 8.23. The van der Waals surface area contributed by atoms with Crippen LogP contribution < -0.4 is 4.90 Å². The summed E-state index contributed by atoms with van der Waals surface area (Å²) in [5, 5.41) is 0.676. The van der Waals surface area contributed by atoms with Gasteiger partial charge in [0.15, 0.2) is 5.13 Å². The van der Waals surface area contributed by atoms with E-state index in [-0.39, 0.29) is 5.91 Å². The van der Waals surface area contributed by atoms with Crippen molar-refractivity contribution in [3.63, 3.8) is 0 Å². The number of amides is 1. The van der Waals surface area contributed by atoms with Crippen molar-refractivity contribution < 1.29 is 9.21 Å². The maximum absolute atomic E-state index is 13.0. The predicted molar refractivity (Wildman–Crippen MR) is 114 cm³/mol. The lowest BCUT2D eigenvalue weighted by Gasteiger charge is -2.16. The molecule has 4 rings (SSSR count). The number of furan rings is 1. The third-order valence-electron chi connectivity index (χ3n) is 4.48. The minimum Gasteiger partial charge on any atom is -0.467 e. The highest BCUT2D eigenvalue weighted by atomic mass is 32.1. The summed E-state index contributed by atoms with van der Waals surface area (Å²) in [5.74, 6) is 0.591. The van der Waals surface area contributed by atoms with E-state index in [1.165, 1.54) is 16.9 Å². The molecule has 0 fully saturated rings. The van der Waals surface area contributed by atoms with Crippen molar-refractivity contribution in [2.24, 2.45) is 0 Å². The number of carbonyl (C=O) groups excluding carboxylic acids is 1. The van der Waals surface area contributed by atoms with Crippen LogP contribution in [0.4, 0.5) is 5.13 Å². The molecule has 0 N–H and O–H groups in total. The van der Waals surface area contributed by atoms with Gasteiger partial charge in [-0.25, -0.2) is 4.98 Å². The van der Waals surface area contributed by atoms with Gasteiger partial charge < -0.3 is 4.42 Å². The molecule has 2 aromatic carbocycles. The van der Waals surface area contributed by atoms with Gasteiger partial charge in [0.2, 0.25) is 0 Å². The Kier molecular flexibility index (Phi) is 5.35. The van der Waals surface area contributed by atoms with E-state index in [0.717, 1.165) is 28.0 Å². The van der Waals surface area contributed by atoms with E-state index in [2.05, 4.69) is 13.0 Å². The monoisotopic (exact) mass is 388 g/mol. The quantitative estimate of drug-likeness (QED) is 0.398. The van der Waals surface area contributed by atoms with Gasteiger partial charge in [-0.3, -0.25) is 9.69 Å². The molecule has 2 heterocycles. The highest BCUT2D eigenvalue weighted by Gasteiger charge is 2.20. The molecular formula is C23H20N2O2S. The van der Waals surface area contributed by atoms with Gasteiger partial charge in [-0.1, -0.05) is 60.7 Å². The zero-order valence-corrected chi connectivity index (χ0v) is 16.4. The lowest BCUT2D eigenvalue weighted by Crippen LogP contribution is -2.28. The molecule has 0 saturated carbocycles. The first-order valence-electron chi connectivity index (χ1n) is 9.20. The number of rotatable bonds is 6. The Hall–Kier alpha value is -3.18. The average Bonchev–Trinajstić information content (AvgIpc) is 3.40. The zero-order valence-electron chi connectivity index (χ0n) is 15.5. The van der Waals surface area contributed by atoms with Gasteiger partial charge in [0.05, 0.1) is 23.0 Å². The van der Waals surface area contributed by atoms with E-state index in [1.807, 2.05) is 60.7 Å². The van der Waals surface area contributed by atoms with Crippen molar-refractivity contribution in [1.29, 1.82) is 0 Å². The molecule has 4 aromatic rings. The van der Waals surface area contributed by atoms with E-state index in [9.17, 15) is 4.79 Å². The van der Waals surface area contributed by atoms with Crippen LogP contribution in [0, 0.1) is 0 Å². The summed E-state index contributed by atoms with van der Waals surface area (Å²) < 4.78 is 6.56. The van der Waals surface area contributed by atoms with Crippen LogP contribution in [-0.4, -0.2) is 10.9 Å². The number of thiazole rings is 1. The summed E-state index contributed by atoms with van der Waals surface area (Å²) in [5.41, 5.74) is 3.13. The minimum absolute atomic E-state index is 0.127. The molecule has 0 unspecified atom stereocenters. The molecule has 0 radical (unpaired) electrons. The third kappa shape index (κ3) is 3.89. The molecule has 0 aliphatic rings. The summed E-state index contributed by atoms with van der Waals surface area (Å²) >= 11 is 1.53. The molecule has 28 heavy (non-hydrogen) atoms. The van der Waals surface area contributed by atoms with Crippen LogP contribution in [0.3, 0.4) is 0 Å². The predicted octanol–water partition coefficient (Wildman–Crippen LogP) is 5.70. The molecule has 140 valence electrons. The molecule has 5 heteroatoms. The molecule has 1 amide bonds. The average molecular weight is 388 g/mol. The number of aryl methyl sites for hydroxylation is 1. The van der Waals surface area contributed by atoms with Crippen LogP contribution in [-0.2, 0) is 17.8 Å². The smallest absolute Gasteiger partial charge is 0.253 e. The molecule has 0 atom stereocenters. The van der Waals surface area contributed by atoms with Crippen LogP contribution in [0.25, 0.3) is 16.3 Å². The molecular weight excluding hydrogens is 368 g/mol. The molecule has 0 bridgehead atoms. The van der Waals surface area contributed by atoms with Crippen LogP contribution in [0.1, 0.15) is 23.8 Å². The van der Waals surface area contributed by atoms with E-state index in [0.29, 0.717) is 11.7 Å². The van der Waals surface area contributed by atoms with Crippen molar-refractivity contribution in [2.75, 3.05) is 4.90 Å². The fourth-order valence-corrected chi connectivity index (χ4v) is 4.03. The summed E-state index contributed by atoms with van der Waals surface area (Å²) in [6.07, 6.45) is 5.93. The second-order valence-corrected chi connectivity index (χ2v) is 7.37. The number of benzene rings is 2. The zero-order chi connectivity index (χ0) is 19.3. The van der Waals surface area contributed by atoms with E-state index in [4.69, 9.17) is 9.40 Å². The van der Waals surface area contributed by atoms with Crippen LogP contribution in [0.2, 0.25) is 0 Å². The van der Waals surface area contributed by atoms with Gasteiger partial charge in [0, 0.05) is 6.08 Å². The highest BCUT2D eigenvalue weighted by molar-refractivity contribution is 7.22. The van der Waals surface area contributed by atoms with Crippen molar-refractivity contribution >= 4 is 38.7 Å². The summed E-state index contributed by atoms with van der Waals surface area (Å²) in [6.45, 7) is 2.45. The first kappa shape index (κ1) is 18.2. The topological polar surface area (TPSA) is 46.3 Å². The first-order valence-corrected chi connectivity index (χ1v) is 10.0. The van der Waals surface area contributed by atoms with Crippen molar-refractivity contribution in [3.8, 4) is 0 Å². The summed E-state index contributed by atoms with van der Waals surface area (Å²) in [7, 11) is 0. The second-order valence-electron chi connectivity index (χ2n) is 6.36. The Morgan fingerprint density at radius 3 is 2.71 bits per heavy atom. The van der Waals surface area contributed by atoms with Gasteiger partial charge in [0.1, 0.15) is 5.76 Å². The van der Waals surface area contributed by atoms with E-state index < -0.39 is 0 Å². The Bertz CT molecular complexity index is 1100. The number of hydrogen-bond acceptors (Lipinski definition) is 4. The van der Waals surface area contributed by atoms with Gasteiger partial charge >= 0.3 is 0 Å².